The molecule has 0 fully saturated rings. The summed E-state index contributed by atoms with van der Waals surface area (Å²) in [5.41, 5.74) is 0. The number of ether oxygens (including phenoxy) is 1. The van der Waals surface area contributed by atoms with Crippen molar-refractivity contribution >= 4 is 11.9 Å². The van der Waals surface area contributed by atoms with Gasteiger partial charge in [0.05, 0.1) is 0 Å². The number of hydrogen-bond acceptors (Lipinski definition) is 3. The SMILES string of the molecule is COCCCC(=O)NCCCCC(=O)O. The predicted molar refractivity (Wildman–Crippen MR) is 55.6 cm³/mol. The standard InChI is InChI=1S/C10H19NO4/c1-15-8-4-5-9(12)11-7-3-2-6-10(13)14/h2-8H2,1H3,(H,11,12)(H,13,14). The van der Waals surface area contributed by atoms with E-state index in [0.717, 1.165) is 6.42 Å². The molecule has 88 valence electrons. The van der Waals surface area contributed by atoms with E-state index in [0.29, 0.717) is 32.4 Å². The molecule has 0 aromatic heterocycles. The Bertz CT molecular complexity index is 194. The van der Waals surface area contributed by atoms with E-state index in [1.54, 1.807) is 7.11 Å². The molecular weight excluding hydrogens is 198 g/mol. The zero-order valence-electron chi connectivity index (χ0n) is 9.12. The lowest BCUT2D eigenvalue weighted by molar-refractivity contribution is -0.137. The van der Waals surface area contributed by atoms with Gasteiger partial charge in [0.1, 0.15) is 0 Å². The summed E-state index contributed by atoms with van der Waals surface area (Å²) in [5, 5.41) is 11.1. The molecule has 2 N–H and O–H groups in total. The van der Waals surface area contributed by atoms with Crippen molar-refractivity contribution < 1.29 is 19.4 Å². The highest BCUT2D eigenvalue weighted by Crippen LogP contribution is 1.94. The molecule has 0 heterocycles. The molecule has 0 spiro atoms. The van der Waals surface area contributed by atoms with Crippen LogP contribution in [0.3, 0.4) is 0 Å². The number of carboxylic acid groups (broad SMARTS) is 1. The summed E-state index contributed by atoms with van der Waals surface area (Å²) in [4.78, 5) is 21.3. The van der Waals surface area contributed by atoms with Crippen LogP contribution in [-0.4, -0.2) is 37.2 Å². The summed E-state index contributed by atoms with van der Waals surface area (Å²) in [6, 6.07) is 0. The lowest BCUT2D eigenvalue weighted by Crippen LogP contribution is -2.24. The van der Waals surface area contributed by atoms with Gasteiger partial charge in [-0.2, -0.15) is 0 Å². The molecule has 0 aromatic carbocycles. The maximum atomic E-state index is 11.1. The van der Waals surface area contributed by atoms with E-state index < -0.39 is 5.97 Å². The average molecular weight is 217 g/mol. The van der Waals surface area contributed by atoms with Crippen molar-refractivity contribution in [3.8, 4) is 0 Å². The van der Waals surface area contributed by atoms with E-state index in [1.807, 2.05) is 0 Å². The van der Waals surface area contributed by atoms with Gasteiger partial charge in [-0.15, -0.1) is 0 Å². The van der Waals surface area contributed by atoms with Crippen LogP contribution in [0.2, 0.25) is 0 Å². The lowest BCUT2D eigenvalue weighted by atomic mass is 10.2. The van der Waals surface area contributed by atoms with Gasteiger partial charge < -0.3 is 15.2 Å². The number of carbonyl (C=O) groups is 2. The third-order valence-corrected chi connectivity index (χ3v) is 1.89. The van der Waals surface area contributed by atoms with Crippen molar-refractivity contribution in [3.05, 3.63) is 0 Å². The number of aliphatic carboxylic acids is 1. The Labute approximate surface area is 89.8 Å². The van der Waals surface area contributed by atoms with E-state index in [4.69, 9.17) is 9.84 Å². The molecule has 0 saturated heterocycles. The van der Waals surface area contributed by atoms with Crippen molar-refractivity contribution in [1.82, 2.24) is 5.32 Å². The first-order chi connectivity index (χ1) is 7.16. The molecule has 1 amide bonds. The van der Waals surface area contributed by atoms with E-state index in [2.05, 4.69) is 5.32 Å². The Morgan fingerprint density at radius 1 is 1.20 bits per heavy atom. The minimum atomic E-state index is -0.790. The zero-order chi connectivity index (χ0) is 11.5. The van der Waals surface area contributed by atoms with Crippen LogP contribution < -0.4 is 5.32 Å². The minimum Gasteiger partial charge on any atom is -0.481 e. The van der Waals surface area contributed by atoms with Gasteiger partial charge in [-0.1, -0.05) is 0 Å². The van der Waals surface area contributed by atoms with Crippen LogP contribution in [0.1, 0.15) is 32.1 Å². The predicted octanol–water partition coefficient (Wildman–Crippen LogP) is 0.784. The molecule has 0 aromatic rings. The third-order valence-electron chi connectivity index (χ3n) is 1.89. The molecule has 0 bridgehead atoms. The summed E-state index contributed by atoms with van der Waals surface area (Å²) < 4.78 is 4.82. The molecule has 0 aliphatic carbocycles. The van der Waals surface area contributed by atoms with Crippen LogP contribution in [0.15, 0.2) is 0 Å². The molecule has 0 atom stereocenters. The lowest BCUT2D eigenvalue weighted by Gasteiger charge is -2.03. The number of amides is 1. The van der Waals surface area contributed by atoms with Crippen molar-refractivity contribution in [2.75, 3.05) is 20.3 Å². The van der Waals surface area contributed by atoms with Gasteiger partial charge in [0.2, 0.25) is 5.91 Å². The molecule has 0 unspecified atom stereocenters. The van der Waals surface area contributed by atoms with Crippen LogP contribution in [0.25, 0.3) is 0 Å². The van der Waals surface area contributed by atoms with Gasteiger partial charge in [-0.05, 0) is 19.3 Å². The molecule has 15 heavy (non-hydrogen) atoms. The summed E-state index contributed by atoms with van der Waals surface area (Å²) in [6.45, 7) is 1.14. The summed E-state index contributed by atoms with van der Waals surface area (Å²) in [7, 11) is 1.60. The second-order valence-corrected chi connectivity index (χ2v) is 3.30. The fraction of sp³-hybridized carbons (Fsp3) is 0.800. The van der Waals surface area contributed by atoms with Crippen molar-refractivity contribution in [2.24, 2.45) is 0 Å². The normalized spacial score (nSPS) is 9.93. The average Bonchev–Trinajstić information content (AvgIpc) is 2.17. The van der Waals surface area contributed by atoms with Crippen LogP contribution in [0, 0.1) is 0 Å². The van der Waals surface area contributed by atoms with Crippen molar-refractivity contribution in [2.45, 2.75) is 32.1 Å². The van der Waals surface area contributed by atoms with E-state index in [-0.39, 0.29) is 12.3 Å². The van der Waals surface area contributed by atoms with Crippen molar-refractivity contribution in [3.63, 3.8) is 0 Å². The monoisotopic (exact) mass is 217 g/mol. The van der Waals surface area contributed by atoms with E-state index >= 15 is 0 Å². The first-order valence-electron chi connectivity index (χ1n) is 5.14. The maximum Gasteiger partial charge on any atom is 0.303 e. The molecule has 0 saturated carbocycles. The number of carbonyl (C=O) groups excluding carboxylic acids is 1. The largest absolute Gasteiger partial charge is 0.481 e. The topological polar surface area (TPSA) is 75.6 Å². The van der Waals surface area contributed by atoms with Gasteiger partial charge in [0, 0.05) is 33.1 Å². The first kappa shape index (κ1) is 13.9. The van der Waals surface area contributed by atoms with Gasteiger partial charge in [0.25, 0.3) is 0 Å². The number of methoxy groups -OCH3 is 1. The minimum absolute atomic E-state index is 0.00220. The Kier molecular flexibility index (Phi) is 8.76. The molecule has 5 heteroatoms. The van der Waals surface area contributed by atoms with Crippen LogP contribution >= 0.6 is 0 Å². The number of nitrogens with one attached hydrogen (secondary N) is 1. The maximum absolute atomic E-state index is 11.1. The first-order valence-corrected chi connectivity index (χ1v) is 5.14. The van der Waals surface area contributed by atoms with Crippen molar-refractivity contribution in [1.29, 1.82) is 0 Å². The van der Waals surface area contributed by atoms with Gasteiger partial charge >= 0.3 is 5.97 Å². The smallest absolute Gasteiger partial charge is 0.303 e. The number of unbranched alkanes of at least 4 members (excludes halogenated alkanes) is 1. The van der Waals surface area contributed by atoms with Gasteiger partial charge in [0.15, 0.2) is 0 Å². The van der Waals surface area contributed by atoms with Gasteiger partial charge in [-0.3, -0.25) is 9.59 Å². The third kappa shape index (κ3) is 10.8. The van der Waals surface area contributed by atoms with Crippen LogP contribution in [-0.2, 0) is 14.3 Å². The quantitative estimate of drug-likeness (QED) is 0.560. The zero-order valence-corrected chi connectivity index (χ0v) is 9.12. The fourth-order valence-electron chi connectivity index (χ4n) is 1.09. The molecule has 5 nitrogen and oxygen atoms in total. The highest BCUT2D eigenvalue weighted by atomic mass is 16.5. The highest BCUT2D eigenvalue weighted by Gasteiger charge is 2.00. The fourth-order valence-corrected chi connectivity index (χ4v) is 1.09. The Balaban J connectivity index is 3.20. The summed E-state index contributed by atoms with van der Waals surface area (Å²) >= 11 is 0. The Morgan fingerprint density at radius 3 is 2.53 bits per heavy atom. The number of carboxylic acids is 1. The number of rotatable bonds is 9. The highest BCUT2D eigenvalue weighted by molar-refractivity contribution is 5.75. The van der Waals surface area contributed by atoms with Crippen LogP contribution in [0.5, 0.6) is 0 Å². The second kappa shape index (κ2) is 9.45. The van der Waals surface area contributed by atoms with E-state index in [9.17, 15) is 9.59 Å². The second-order valence-electron chi connectivity index (χ2n) is 3.30. The molecule has 0 aliphatic rings. The Morgan fingerprint density at radius 2 is 1.93 bits per heavy atom. The van der Waals surface area contributed by atoms with Gasteiger partial charge in [-0.25, -0.2) is 0 Å². The van der Waals surface area contributed by atoms with Crippen LogP contribution in [0.4, 0.5) is 0 Å². The molecular formula is C10H19NO4. The summed E-state index contributed by atoms with van der Waals surface area (Å²) in [6.07, 6.45) is 2.67. The molecule has 0 aliphatic heterocycles. The number of hydrogen-bond donors (Lipinski definition) is 2. The Hall–Kier alpha value is -1.10. The molecule has 0 radical (unpaired) electrons. The summed E-state index contributed by atoms with van der Waals surface area (Å²) in [5.74, 6) is -0.788. The van der Waals surface area contributed by atoms with E-state index in [1.165, 1.54) is 0 Å². The molecule has 0 rings (SSSR count).